The van der Waals surface area contributed by atoms with Crippen LogP contribution in [0.15, 0.2) is 82.8 Å². The van der Waals surface area contributed by atoms with Gasteiger partial charge in [-0.3, -0.25) is 4.79 Å². The molecule has 1 amide bonds. The van der Waals surface area contributed by atoms with Gasteiger partial charge in [-0.15, -0.1) is 0 Å². The Morgan fingerprint density at radius 3 is 2.22 bits per heavy atom. The minimum absolute atomic E-state index is 0.0736. The van der Waals surface area contributed by atoms with Crippen LogP contribution >= 0.6 is 11.6 Å². The van der Waals surface area contributed by atoms with Crippen molar-refractivity contribution >= 4 is 33.1 Å². The first-order valence-corrected chi connectivity index (χ1v) is 12.3. The summed E-state index contributed by atoms with van der Waals surface area (Å²) in [4.78, 5) is 12.5. The van der Waals surface area contributed by atoms with E-state index in [2.05, 4.69) is 5.10 Å². The van der Waals surface area contributed by atoms with Gasteiger partial charge in [0, 0.05) is 18.4 Å². The minimum Gasteiger partial charge on any atom is -0.273 e. The predicted octanol–water partition coefficient (Wildman–Crippen LogP) is 5.32. The molecule has 1 aliphatic heterocycles. The molecule has 0 saturated heterocycles. The number of nitrogens with zero attached hydrogens (tertiary/aromatic N) is 2. The van der Waals surface area contributed by atoms with Crippen LogP contribution in [0.5, 0.6) is 0 Å². The molecule has 1 heterocycles. The lowest BCUT2D eigenvalue weighted by molar-refractivity contribution is -0.130. The second-order valence-electron chi connectivity index (χ2n) is 7.95. The molecule has 0 aliphatic carbocycles. The van der Waals surface area contributed by atoms with Crippen LogP contribution in [0.3, 0.4) is 0 Å². The van der Waals surface area contributed by atoms with Crippen LogP contribution in [0.4, 0.5) is 0 Å². The number of hydrazone groups is 1. The summed E-state index contributed by atoms with van der Waals surface area (Å²) in [5, 5.41) is 6.68. The van der Waals surface area contributed by atoms with Crippen LogP contribution in [0.2, 0.25) is 5.02 Å². The summed E-state index contributed by atoms with van der Waals surface area (Å²) in [7, 11) is -3.42. The first-order chi connectivity index (χ1) is 15.2. The van der Waals surface area contributed by atoms with E-state index in [1.807, 2.05) is 31.2 Å². The molecule has 32 heavy (non-hydrogen) atoms. The summed E-state index contributed by atoms with van der Waals surface area (Å²) in [5.74, 6) is -0.212. The zero-order valence-corrected chi connectivity index (χ0v) is 19.4. The predicted molar refractivity (Wildman–Crippen MR) is 126 cm³/mol. The molecular formula is C25H23ClN2O3S. The smallest absolute Gasteiger partial charge is 0.240 e. The van der Waals surface area contributed by atoms with Crippen LogP contribution < -0.4 is 0 Å². The minimum atomic E-state index is -3.42. The van der Waals surface area contributed by atoms with Gasteiger partial charge in [-0.25, -0.2) is 13.4 Å². The van der Waals surface area contributed by atoms with Crippen LogP contribution in [-0.2, 0) is 20.4 Å². The monoisotopic (exact) mass is 466 g/mol. The van der Waals surface area contributed by atoms with E-state index >= 15 is 0 Å². The molecule has 7 heteroatoms. The molecule has 164 valence electrons. The molecule has 0 spiro atoms. The van der Waals surface area contributed by atoms with Gasteiger partial charge < -0.3 is 0 Å². The summed E-state index contributed by atoms with van der Waals surface area (Å²) in [5.41, 5.74) is 4.33. The van der Waals surface area contributed by atoms with E-state index in [0.717, 1.165) is 22.4 Å². The Kier molecular flexibility index (Phi) is 6.17. The Hall–Kier alpha value is -2.96. The Morgan fingerprint density at radius 2 is 1.62 bits per heavy atom. The molecule has 1 atom stereocenters. The Labute approximate surface area is 193 Å². The van der Waals surface area contributed by atoms with Crippen molar-refractivity contribution < 1.29 is 13.2 Å². The largest absolute Gasteiger partial charge is 0.273 e. The molecule has 0 radical (unpaired) electrons. The third-order valence-electron chi connectivity index (χ3n) is 5.51. The van der Waals surface area contributed by atoms with Crippen molar-refractivity contribution in [1.29, 1.82) is 0 Å². The van der Waals surface area contributed by atoms with Crippen molar-refractivity contribution in [2.75, 3.05) is 0 Å². The van der Waals surface area contributed by atoms with E-state index in [0.29, 0.717) is 21.9 Å². The first kappa shape index (κ1) is 22.2. The number of aryl methyl sites for hydroxylation is 1. The number of halogens is 1. The van der Waals surface area contributed by atoms with Gasteiger partial charge in [0.05, 0.1) is 22.4 Å². The van der Waals surface area contributed by atoms with Crippen LogP contribution in [0.25, 0.3) is 0 Å². The molecule has 5 nitrogen and oxygen atoms in total. The fraction of sp³-hybridized carbons (Fsp3) is 0.200. The summed E-state index contributed by atoms with van der Waals surface area (Å²) in [6.45, 7) is 3.42. The van der Waals surface area contributed by atoms with Gasteiger partial charge in [-0.2, -0.15) is 5.10 Å². The molecule has 3 aromatic rings. The number of hydrogen-bond donors (Lipinski definition) is 0. The van der Waals surface area contributed by atoms with Gasteiger partial charge in [-0.1, -0.05) is 65.7 Å². The summed E-state index contributed by atoms with van der Waals surface area (Å²) < 4.78 is 25.4. The van der Waals surface area contributed by atoms with Crippen molar-refractivity contribution in [3.63, 3.8) is 0 Å². The Morgan fingerprint density at radius 1 is 1.00 bits per heavy atom. The Bertz CT molecular complexity index is 1270. The molecule has 0 fully saturated rings. The van der Waals surface area contributed by atoms with Gasteiger partial charge in [0.25, 0.3) is 0 Å². The number of carbonyl (C=O) groups is 1. The fourth-order valence-corrected chi connectivity index (χ4v) is 5.24. The SMILES string of the molecule is CC(=O)N1N=C(c2ccc(CS(=O)(=O)c3ccc(C)cc3)cc2)CC1c1ccc(Cl)cc1. The summed E-state index contributed by atoms with van der Waals surface area (Å²) in [6.07, 6.45) is 0.572. The lowest BCUT2D eigenvalue weighted by atomic mass is 9.98. The highest BCUT2D eigenvalue weighted by Crippen LogP contribution is 2.33. The van der Waals surface area contributed by atoms with Crippen molar-refractivity contribution in [1.82, 2.24) is 5.01 Å². The number of rotatable bonds is 5. The molecule has 0 aromatic heterocycles. The lowest BCUT2D eigenvalue weighted by Gasteiger charge is -2.20. The summed E-state index contributed by atoms with van der Waals surface area (Å²) in [6, 6.07) is 21.4. The van der Waals surface area contributed by atoms with Crippen molar-refractivity contribution in [2.24, 2.45) is 5.10 Å². The highest BCUT2D eigenvalue weighted by molar-refractivity contribution is 7.90. The van der Waals surface area contributed by atoms with Crippen molar-refractivity contribution in [3.8, 4) is 0 Å². The van der Waals surface area contributed by atoms with Gasteiger partial charge in [0.1, 0.15) is 0 Å². The lowest BCUT2D eigenvalue weighted by Crippen LogP contribution is -2.24. The average Bonchev–Trinajstić information content (AvgIpc) is 3.21. The number of amides is 1. The fourth-order valence-electron chi connectivity index (χ4n) is 3.76. The topological polar surface area (TPSA) is 66.8 Å². The summed E-state index contributed by atoms with van der Waals surface area (Å²) >= 11 is 6.00. The van der Waals surface area contributed by atoms with Gasteiger partial charge in [0.15, 0.2) is 9.84 Å². The molecule has 0 bridgehead atoms. The number of sulfone groups is 1. The number of carbonyl (C=O) groups excluding carboxylic acids is 1. The first-order valence-electron chi connectivity index (χ1n) is 10.2. The third-order valence-corrected chi connectivity index (χ3v) is 7.47. The number of hydrogen-bond acceptors (Lipinski definition) is 4. The quantitative estimate of drug-likeness (QED) is 0.511. The van der Waals surface area contributed by atoms with E-state index in [1.165, 1.54) is 11.9 Å². The maximum absolute atomic E-state index is 12.7. The second-order valence-corrected chi connectivity index (χ2v) is 10.4. The molecule has 1 unspecified atom stereocenters. The van der Waals surface area contributed by atoms with Crippen LogP contribution in [0.1, 0.15) is 41.6 Å². The van der Waals surface area contributed by atoms with E-state index < -0.39 is 9.84 Å². The second kappa shape index (κ2) is 8.88. The normalized spacial score (nSPS) is 16.2. The van der Waals surface area contributed by atoms with E-state index in [-0.39, 0.29) is 17.7 Å². The molecule has 0 saturated carbocycles. The maximum Gasteiger partial charge on any atom is 0.240 e. The van der Waals surface area contributed by atoms with Crippen LogP contribution in [-0.4, -0.2) is 25.0 Å². The van der Waals surface area contributed by atoms with E-state index in [4.69, 9.17) is 11.6 Å². The molecule has 0 N–H and O–H groups in total. The van der Waals surface area contributed by atoms with Gasteiger partial charge in [0.2, 0.25) is 5.91 Å². The zero-order valence-electron chi connectivity index (χ0n) is 17.8. The van der Waals surface area contributed by atoms with Crippen molar-refractivity contribution in [3.05, 3.63) is 100 Å². The molecule has 3 aromatic carbocycles. The number of benzene rings is 3. The average molecular weight is 467 g/mol. The van der Waals surface area contributed by atoms with Gasteiger partial charge >= 0.3 is 0 Å². The van der Waals surface area contributed by atoms with Gasteiger partial charge in [-0.05, 0) is 47.9 Å². The van der Waals surface area contributed by atoms with E-state index in [1.54, 1.807) is 48.5 Å². The molecule has 1 aliphatic rings. The molecule has 4 rings (SSSR count). The molecular weight excluding hydrogens is 444 g/mol. The van der Waals surface area contributed by atoms with Crippen LogP contribution in [0, 0.1) is 6.92 Å². The van der Waals surface area contributed by atoms with Crippen molar-refractivity contribution in [2.45, 2.75) is 37.0 Å². The third kappa shape index (κ3) is 4.76. The highest BCUT2D eigenvalue weighted by Gasteiger charge is 2.31. The maximum atomic E-state index is 12.7. The van der Waals surface area contributed by atoms with E-state index in [9.17, 15) is 13.2 Å². The highest BCUT2D eigenvalue weighted by atomic mass is 35.5. The zero-order chi connectivity index (χ0) is 22.9. The standard InChI is InChI=1S/C25H23ClN2O3S/c1-17-3-13-23(14-4-17)32(30,31)16-19-5-7-20(8-6-19)24-15-25(28(27-24)18(2)29)21-9-11-22(26)12-10-21/h3-14,25H,15-16H2,1-2H3. The Balaban J connectivity index is 1.53.